The average molecular weight is 359 g/mol. The third-order valence-corrected chi connectivity index (χ3v) is 5.52. The van der Waals surface area contributed by atoms with E-state index in [1.165, 1.54) is 6.42 Å². The van der Waals surface area contributed by atoms with Crippen LogP contribution in [0.15, 0.2) is 18.2 Å². The zero-order chi connectivity index (χ0) is 18.7. The van der Waals surface area contributed by atoms with Gasteiger partial charge in [0.15, 0.2) is 0 Å². The van der Waals surface area contributed by atoms with E-state index in [1.807, 2.05) is 11.8 Å². The second-order valence-electron chi connectivity index (χ2n) is 7.52. The topological polar surface area (TPSA) is 64.1 Å². The van der Waals surface area contributed by atoms with Gasteiger partial charge in [-0.15, -0.1) is 0 Å². The monoisotopic (exact) mass is 359 g/mol. The van der Waals surface area contributed by atoms with Crippen molar-refractivity contribution >= 4 is 11.8 Å². The number of aryl methyl sites for hydroxylation is 1. The van der Waals surface area contributed by atoms with Crippen LogP contribution >= 0.6 is 0 Å². The van der Waals surface area contributed by atoms with E-state index < -0.39 is 0 Å². The number of piperidine rings is 1. The van der Waals surface area contributed by atoms with Gasteiger partial charge in [0.05, 0.1) is 12.1 Å². The minimum Gasteiger partial charge on any atom is -0.507 e. The van der Waals surface area contributed by atoms with Gasteiger partial charge in [-0.3, -0.25) is 14.5 Å². The molecule has 2 amide bonds. The summed E-state index contributed by atoms with van der Waals surface area (Å²) in [6.45, 7) is 7.86. The lowest BCUT2D eigenvalue weighted by molar-refractivity contribution is -0.136. The highest BCUT2D eigenvalue weighted by atomic mass is 16.3. The number of phenols is 1. The number of amides is 2. The maximum Gasteiger partial charge on any atom is 0.257 e. The van der Waals surface area contributed by atoms with Crippen molar-refractivity contribution in [1.29, 1.82) is 0 Å². The molecule has 3 rings (SSSR count). The van der Waals surface area contributed by atoms with E-state index >= 15 is 0 Å². The van der Waals surface area contributed by atoms with Crippen LogP contribution in [0.5, 0.6) is 5.75 Å². The molecule has 2 saturated heterocycles. The Morgan fingerprint density at radius 2 is 1.85 bits per heavy atom. The van der Waals surface area contributed by atoms with Gasteiger partial charge in [-0.25, -0.2) is 0 Å². The molecule has 0 bridgehead atoms. The standard InChI is InChI=1S/C20H29N3O3/c1-15-6-7-18(24)17(13-15)20(26)22-11-9-21(10-12-22)14-19(25)23-8-4-3-5-16(23)2/h6-7,13,16,24H,3-5,8-12,14H2,1-2H3. The first-order valence-corrected chi connectivity index (χ1v) is 9.56. The number of carbonyl (C=O) groups excluding carboxylic acids is 2. The lowest BCUT2D eigenvalue weighted by atomic mass is 10.0. The summed E-state index contributed by atoms with van der Waals surface area (Å²) in [7, 11) is 0. The summed E-state index contributed by atoms with van der Waals surface area (Å²) in [5.41, 5.74) is 1.31. The zero-order valence-corrected chi connectivity index (χ0v) is 15.8. The van der Waals surface area contributed by atoms with E-state index in [0.717, 1.165) is 24.9 Å². The maximum atomic E-state index is 12.7. The second kappa shape index (κ2) is 8.08. The minimum absolute atomic E-state index is 0.0253. The molecular weight excluding hydrogens is 330 g/mol. The number of piperazine rings is 1. The molecular formula is C20H29N3O3. The van der Waals surface area contributed by atoms with E-state index in [9.17, 15) is 14.7 Å². The van der Waals surface area contributed by atoms with Gasteiger partial charge in [0.25, 0.3) is 5.91 Å². The SMILES string of the molecule is Cc1ccc(O)c(C(=O)N2CCN(CC(=O)N3CCCCC3C)CC2)c1. The molecule has 0 spiro atoms. The molecule has 2 fully saturated rings. The number of likely N-dealkylation sites (tertiary alicyclic amines) is 1. The molecule has 1 atom stereocenters. The van der Waals surface area contributed by atoms with Gasteiger partial charge in [-0.2, -0.15) is 0 Å². The lowest BCUT2D eigenvalue weighted by Gasteiger charge is -2.38. The fraction of sp³-hybridized carbons (Fsp3) is 0.600. The van der Waals surface area contributed by atoms with Crippen molar-refractivity contribution in [3.63, 3.8) is 0 Å². The summed E-state index contributed by atoms with van der Waals surface area (Å²) in [6, 6.07) is 5.42. The lowest BCUT2D eigenvalue weighted by Crippen LogP contribution is -2.53. The molecule has 6 nitrogen and oxygen atoms in total. The fourth-order valence-corrected chi connectivity index (χ4v) is 3.85. The summed E-state index contributed by atoms with van der Waals surface area (Å²) in [5.74, 6) is 0.0902. The number of carbonyl (C=O) groups is 2. The first-order chi connectivity index (χ1) is 12.5. The molecule has 1 unspecified atom stereocenters. The van der Waals surface area contributed by atoms with Gasteiger partial charge in [-0.1, -0.05) is 11.6 Å². The van der Waals surface area contributed by atoms with Crippen molar-refractivity contribution in [1.82, 2.24) is 14.7 Å². The Kier molecular flexibility index (Phi) is 5.81. The number of rotatable bonds is 3. The quantitative estimate of drug-likeness (QED) is 0.895. The summed E-state index contributed by atoms with van der Waals surface area (Å²) in [6.07, 6.45) is 3.39. The smallest absolute Gasteiger partial charge is 0.257 e. The first-order valence-electron chi connectivity index (χ1n) is 9.56. The molecule has 6 heteroatoms. The number of aromatic hydroxyl groups is 1. The number of nitrogens with zero attached hydrogens (tertiary/aromatic N) is 3. The summed E-state index contributed by atoms with van der Waals surface area (Å²) in [4.78, 5) is 31.1. The van der Waals surface area contributed by atoms with E-state index in [2.05, 4.69) is 11.8 Å². The minimum atomic E-state index is -0.137. The number of hydrogen-bond acceptors (Lipinski definition) is 4. The molecule has 26 heavy (non-hydrogen) atoms. The van der Waals surface area contributed by atoms with Crippen LogP contribution in [-0.2, 0) is 4.79 Å². The van der Waals surface area contributed by atoms with Crippen molar-refractivity contribution < 1.29 is 14.7 Å². The molecule has 2 heterocycles. The summed E-state index contributed by atoms with van der Waals surface area (Å²) in [5, 5.41) is 9.97. The van der Waals surface area contributed by atoms with Gasteiger partial charge < -0.3 is 14.9 Å². The van der Waals surface area contributed by atoms with Crippen LogP contribution in [0.2, 0.25) is 0 Å². The second-order valence-corrected chi connectivity index (χ2v) is 7.52. The Morgan fingerprint density at radius 3 is 2.54 bits per heavy atom. The van der Waals surface area contributed by atoms with Crippen molar-refractivity contribution in [2.45, 2.75) is 39.2 Å². The normalized spacial score (nSPS) is 21.7. The van der Waals surface area contributed by atoms with Crippen molar-refractivity contribution in [2.24, 2.45) is 0 Å². The molecule has 2 aliphatic heterocycles. The average Bonchev–Trinajstić information content (AvgIpc) is 2.64. The van der Waals surface area contributed by atoms with Crippen LogP contribution < -0.4 is 0 Å². The first kappa shape index (κ1) is 18.7. The van der Waals surface area contributed by atoms with Gasteiger partial charge in [0, 0.05) is 38.8 Å². The highest BCUT2D eigenvalue weighted by molar-refractivity contribution is 5.97. The number of hydrogen-bond donors (Lipinski definition) is 1. The van der Waals surface area contributed by atoms with Gasteiger partial charge in [0.1, 0.15) is 5.75 Å². The largest absolute Gasteiger partial charge is 0.507 e. The number of phenolic OH excluding ortho intramolecular Hbond substituents is 1. The maximum absolute atomic E-state index is 12.7. The highest BCUT2D eigenvalue weighted by Crippen LogP contribution is 2.21. The van der Waals surface area contributed by atoms with Crippen LogP contribution in [0.1, 0.15) is 42.1 Å². The van der Waals surface area contributed by atoms with Crippen molar-refractivity contribution in [3.05, 3.63) is 29.3 Å². The third kappa shape index (κ3) is 4.18. The molecule has 2 aliphatic rings. The molecule has 1 aromatic rings. The van der Waals surface area contributed by atoms with E-state index in [0.29, 0.717) is 44.3 Å². The third-order valence-electron chi connectivity index (χ3n) is 5.52. The molecule has 1 aromatic carbocycles. The van der Waals surface area contributed by atoms with Gasteiger partial charge in [0.2, 0.25) is 5.91 Å². The predicted molar refractivity (Wildman–Crippen MR) is 100 cm³/mol. The van der Waals surface area contributed by atoms with Crippen LogP contribution in [0.25, 0.3) is 0 Å². The van der Waals surface area contributed by atoms with Crippen LogP contribution in [-0.4, -0.2) is 76.9 Å². The molecule has 0 aromatic heterocycles. The molecule has 0 aliphatic carbocycles. The fourth-order valence-electron chi connectivity index (χ4n) is 3.85. The highest BCUT2D eigenvalue weighted by Gasteiger charge is 2.28. The Hall–Kier alpha value is -2.08. The van der Waals surface area contributed by atoms with Gasteiger partial charge >= 0.3 is 0 Å². The van der Waals surface area contributed by atoms with E-state index in [-0.39, 0.29) is 17.6 Å². The van der Waals surface area contributed by atoms with E-state index in [4.69, 9.17) is 0 Å². The summed E-state index contributed by atoms with van der Waals surface area (Å²) < 4.78 is 0. The number of benzene rings is 1. The molecule has 0 saturated carbocycles. The molecule has 142 valence electrons. The Bertz CT molecular complexity index is 668. The Morgan fingerprint density at radius 1 is 1.12 bits per heavy atom. The van der Waals surface area contributed by atoms with Crippen LogP contribution in [0.4, 0.5) is 0 Å². The zero-order valence-electron chi connectivity index (χ0n) is 15.8. The van der Waals surface area contributed by atoms with Crippen molar-refractivity contribution in [3.8, 4) is 5.75 Å². The molecule has 0 radical (unpaired) electrons. The van der Waals surface area contributed by atoms with Crippen LogP contribution in [0, 0.1) is 6.92 Å². The van der Waals surface area contributed by atoms with E-state index in [1.54, 1.807) is 23.1 Å². The van der Waals surface area contributed by atoms with Gasteiger partial charge in [-0.05, 0) is 45.2 Å². The summed E-state index contributed by atoms with van der Waals surface area (Å²) >= 11 is 0. The van der Waals surface area contributed by atoms with Crippen molar-refractivity contribution in [2.75, 3.05) is 39.3 Å². The predicted octanol–water partition coefficient (Wildman–Crippen LogP) is 1.86. The molecule has 1 N–H and O–H groups in total. The van der Waals surface area contributed by atoms with Crippen LogP contribution in [0.3, 0.4) is 0 Å². The Labute approximate surface area is 155 Å². The Balaban J connectivity index is 1.53.